The standard InChI is InChI=1S/C15H11NOS/c17-14-11-18-15(12-7-3-1-4-8-12)16(14)13-9-5-2-6-10-13/h1-11H. The molecule has 0 saturated heterocycles. The van der Waals surface area contributed by atoms with Crippen LogP contribution in [0.4, 0.5) is 5.69 Å². The summed E-state index contributed by atoms with van der Waals surface area (Å²) in [5, 5.41) is 1.65. The first-order valence-electron chi connectivity index (χ1n) is 5.67. The fraction of sp³-hybridized carbons (Fsp3) is 0. The van der Waals surface area contributed by atoms with Crippen molar-refractivity contribution >= 4 is 32.9 Å². The molecule has 0 unspecified atom stereocenters. The molecule has 0 bridgehead atoms. The minimum Gasteiger partial charge on any atom is -0.268 e. The molecule has 0 atom stereocenters. The predicted molar refractivity (Wildman–Crippen MR) is 78.1 cm³/mol. The van der Waals surface area contributed by atoms with Gasteiger partial charge in [-0.3, -0.25) is 9.69 Å². The van der Waals surface area contributed by atoms with Gasteiger partial charge >= 0.3 is 0 Å². The largest absolute Gasteiger partial charge is 0.268 e. The Bertz CT molecular complexity index is 643. The zero-order valence-corrected chi connectivity index (χ0v) is 10.4. The molecule has 0 spiro atoms. The van der Waals surface area contributed by atoms with Gasteiger partial charge in [0.05, 0.1) is 11.1 Å². The van der Waals surface area contributed by atoms with Crippen molar-refractivity contribution in [3.8, 4) is 0 Å². The van der Waals surface area contributed by atoms with E-state index in [1.807, 2.05) is 60.7 Å². The van der Waals surface area contributed by atoms with Crippen LogP contribution in [0.15, 0.2) is 60.7 Å². The molecule has 0 saturated carbocycles. The Morgan fingerprint density at radius 1 is 0.833 bits per heavy atom. The van der Waals surface area contributed by atoms with Gasteiger partial charge in [0.25, 0.3) is 5.91 Å². The molecule has 1 aliphatic rings. The molecule has 0 fully saturated rings. The molecule has 1 amide bonds. The van der Waals surface area contributed by atoms with E-state index in [0.717, 1.165) is 16.2 Å². The van der Waals surface area contributed by atoms with Gasteiger partial charge in [0.2, 0.25) is 0 Å². The van der Waals surface area contributed by atoms with Crippen LogP contribution in [0.3, 0.4) is 0 Å². The van der Waals surface area contributed by atoms with E-state index in [9.17, 15) is 4.79 Å². The normalized spacial score (nSPS) is 14.3. The van der Waals surface area contributed by atoms with Gasteiger partial charge in [0, 0.05) is 5.56 Å². The van der Waals surface area contributed by atoms with Gasteiger partial charge in [-0.15, -0.1) is 10.9 Å². The number of anilines is 1. The van der Waals surface area contributed by atoms with E-state index in [0.29, 0.717) is 0 Å². The molecule has 88 valence electrons. The lowest BCUT2D eigenvalue weighted by Crippen LogP contribution is -2.33. The number of amides is 1. The molecule has 2 nitrogen and oxygen atoms in total. The average molecular weight is 253 g/mol. The minimum atomic E-state index is 0.0186. The molecule has 2 aromatic carbocycles. The van der Waals surface area contributed by atoms with E-state index in [2.05, 4.69) is 0 Å². The molecule has 2 aromatic rings. The summed E-state index contributed by atoms with van der Waals surface area (Å²) in [7, 11) is 1.47. The van der Waals surface area contributed by atoms with Crippen LogP contribution in [0, 0.1) is 0 Å². The number of para-hydroxylation sites is 1. The van der Waals surface area contributed by atoms with Crippen molar-refractivity contribution in [1.29, 1.82) is 0 Å². The summed E-state index contributed by atoms with van der Waals surface area (Å²) in [6.07, 6.45) is 0. The van der Waals surface area contributed by atoms with Crippen LogP contribution in [0.2, 0.25) is 0 Å². The van der Waals surface area contributed by atoms with E-state index in [1.165, 1.54) is 10.9 Å². The highest BCUT2D eigenvalue weighted by Crippen LogP contribution is 2.20. The van der Waals surface area contributed by atoms with Gasteiger partial charge in [-0.2, -0.15) is 0 Å². The van der Waals surface area contributed by atoms with Crippen LogP contribution >= 0.6 is 10.9 Å². The third kappa shape index (κ3) is 1.89. The van der Waals surface area contributed by atoms with Gasteiger partial charge in [0.1, 0.15) is 4.99 Å². The number of nitrogens with zero attached hydrogens (tertiary/aromatic N) is 1. The molecule has 1 aliphatic heterocycles. The fourth-order valence-corrected chi connectivity index (χ4v) is 2.80. The molecule has 0 aliphatic carbocycles. The molecular weight excluding hydrogens is 242 g/mol. The second-order valence-electron chi connectivity index (χ2n) is 3.92. The monoisotopic (exact) mass is 253 g/mol. The number of benzene rings is 2. The first kappa shape index (κ1) is 11.0. The van der Waals surface area contributed by atoms with E-state index < -0.39 is 0 Å². The second-order valence-corrected chi connectivity index (χ2v) is 4.77. The molecule has 1 heterocycles. The van der Waals surface area contributed by atoms with Crippen molar-refractivity contribution in [2.75, 3.05) is 4.90 Å². The third-order valence-electron chi connectivity index (χ3n) is 2.73. The maximum absolute atomic E-state index is 12.0. The zero-order valence-electron chi connectivity index (χ0n) is 9.61. The summed E-state index contributed by atoms with van der Waals surface area (Å²) >= 11 is 0. The fourth-order valence-electron chi connectivity index (χ4n) is 1.91. The molecule has 0 aromatic heterocycles. The number of rotatable bonds is 2. The van der Waals surface area contributed by atoms with Gasteiger partial charge in [-0.05, 0) is 12.1 Å². The molecule has 3 heteroatoms. The summed E-state index contributed by atoms with van der Waals surface area (Å²) in [6, 6.07) is 19.7. The Labute approximate surface area is 109 Å². The average Bonchev–Trinajstić information content (AvgIpc) is 2.83. The van der Waals surface area contributed by atoms with Crippen molar-refractivity contribution < 1.29 is 4.79 Å². The van der Waals surface area contributed by atoms with Crippen LogP contribution in [0.5, 0.6) is 0 Å². The Kier molecular flexibility index (Phi) is 2.82. The first-order chi connectivity index (χ1) is 8.86. The quantitative estimate of drug-likeness (QED) is 0.754. The molecule has 18 heavy (non-hydrogen) atoms. The van der Waals surface area contributed by atoms with E-state index in [-0.39, 0.29) is 5.91 Å². The van der Waals surface area contributed by atoms with Crippen molar-refractivity contribution in [3.05, 3.63) is 66.2 Å². The second kappa shape index (κ2) is 4.63. The van der Waals surface area contributed by atoms with Crippen LogP contribution in [0.1, 0.15) is 5.56 Å². The maximum atomic E-state index is 12.0. The number of hydrogen-bond acceptors (Lipinski definition) is 1. The summed E-state index contributed by atoms with van der Waals surface area (Å²) in [5.74, 6) is 0.0186. The van der Waals surface area contributed by atoms with Crippen LogP contribution in [-0.4, -0.2) is 16.3 Å². The summed E-state index contributed by atoms with van der Waals surface area (Å²) in [5.41, 5.74) is 1.97. The van der Waals surface area contributed by atoms with Crippen LogP contribution in [-0.2, 0) is 4.79 Å². The smallest absolute Gasteiger partial charge is 0.266 e. The van der Waals surface area contributed by atoms with Crippen LogP contribution < -0.4 is 4.90 Å². The maximum Gasteiger partial charge on any atom is 0.266 e. The Hall–Kier alpha value is -2.13. The Balaban J connectivity index is 2.05. The highest BCUT2D eigenvalue weighted by atomic mass is 32.1. The highest BCUT2D eigenvalue weighted by Gasteiger charge is 2.23. The topological polar surface area (TPSA) is 20.3 Å². The summed E-state index contributed by atoms with van der Waals surface area (Å²) in [6.45, 7) is 0. The SMILES string of the molecule is O=C1C=S=C(c2ccccc2)N1c1ccccc1. The zero-order chi connectivity index (χ0) is 12.4. The lowest BCUT2D eigenvalue weighted by atomic mass is 10.2. The third-order valence-corrected chi connectivity index (χ3v) is 3.69. The summed E-state index contributed by atoms with van der Waals surface area (Å²) in [4.78, 5) is 14.7. The molecule has 0 N–H and O–H groups in total. The van der Waals surface area contributed by atoms with E-state index in [4.69, 9.17) is 0 Å². The first-order valence-corrected chi connectivity index (χ1v) is 6.55. The molecule has 0 radical (unpaired) electrons. The van der Waals surface area contributed by atoms with Gasteiger partial charge < -0.3 is 0 Å². The van der Waals surface area contributed by atoms with Gasteiger partial charge in [-0.25, -0.2) is 0 Å². The van der Waals surface area contributed by atoms with Gasteiger partial charge in [0.15, 0.2) is 0 Å². The predicted octanol–water partition coefficient (Wildman–Crippen LogP) is 2.75. The van der Waals surface area contributed by atoms with Crippen molar-refractivity contribution in [2.24, 2.45) is 0 Å². The minimum absolute atomic E-state index is 0.0186. The van der Waals surface area contributed by atoms with Crippen LogP contribution in [0.25, 0.3) is 0 Å². The van der Waals surface area contributed by atoms with Crippen molar-refractivity contribution in [3.63, 3.8) is 0 Å². The number of hydrogen-bond donors (Lipinski definition) is 0. The lowest BCUT2D eigenvalue weighted by Gasteiger charge is -2.19. The Morgan fingerprint density at radius 2 is 1.44 bits per heavy atom. The molecular formula is C15H11NOS. The lowest BCUT2D eigenvalue weighted by molar-refractivity contribution is -0.111. The van der Waals surface area contributed by atoms with Crippen molar-refractivity contribution in [1.82, 2.24) is 0 Å². The Morgan fingerprint density at radius 3 is 2.11 bits per heavy atom. The van der Waals surface area contributed by atoms with E-state index in [1.54, 1.807) is 10.3 Å². The highest BCUT2D eigenvalue weighted by molar-refractivity contribution is 7.99. The summed E-state index contributed by atoms with van der Waals surface area (Å²) < 4.78 is 0. The number of carbonyl (C=O) groups is 1. The number of carbonyl (C=O) groups excluding carboxylic acids is 1. The molecule has 3 rings (SSSR count). The van der Waals surface area contributed by atoms with E-state index >= 15 is 0 Å². The van der Waals surface area contributed by atoms with Gasteiger partial charge in [-0.1, -0.05) is 48.5 Å². The van der Waals surface area contributed by atoms with Crippen molar-refractivity contribution in [2.45, 2.75) is 0 Å².